The SMILES string of the molecule is CC1=CC(=O)O[C@H]1[C@@](C)(NP(=O)(c1ccccc1)c1ccccc1)c1ccc(Cl)cc1. The number of hydrogen-bond donors (Lipinski definition) is 1. The summed E-state index contributed by atoms with van der Waals surface area (Å²) in [4.78, 5) is 12.1. The van der Waals surface area contributed by atoms with Crippen LogP contribution in [-0.4, -0.2) is 12.1 Å². The van der Waals surface area contributed by atoms with Crippen LogP contribution in [0.15, 0.2) is 96.6 Å². The molecule has 31 heavy (non-hydrogen) atoms. The van der Waals surface area contributed by atoms with Crippen molar-refractivity contribution in [1.82, 2.24) is 5.09 Å². The minimum atomic E-state index is -3.32. The Morgan fingerprint density at radius 2 is 1.42 bits per heavy atom. The molecule has 2 atom stereocenters. The number of benzene rings is 3. The zero-order valence-corrected chi connectivity index (χ0v) is 18.9. The second kappa shape index (κ2) is 8.47. The van der Waals surface area contributed by atoms with E-state index in [-0.39, 0.29) is 0 Å². The fourth-order valence-corrected chi connectivity index (χ4v) is 6.80. The number of nitrogens with one attached hydrogen (secondary N) is 1. The van der Waals surface area contributed by atoms with Gasteiger partial charge in [0.2, 0.25) is 7.29 Å². The number of carbonyl (C=O) groups excluding carboxylic acids is 1. The highest BCUT2D eigenvalue weighted by molar-refractivity contribution is 7.77. The Hall–Kier alpha value is -2.65. The molecule has 1 aliphatic heterocycles. The molecule has 1 aliphatic rings. The van der Waals surface area contributed by atoms with Gasteiger partial charge in [-0.3, -0.25) is 4.57 Å². The minimum absolute atomic E-state index is 0.404. The van der Waals surface area contributed by atoms with E-state index in [1.807, 2.05) is 86.6 Å². The molecular weight excluding hydrogens is 429 g/mol. The summed E-state index contributed by atoms with van der Waals surface area (Å²) in [6, 6.07) is 26.0. The summed E-state index contributed by atoms with van der Waals surface area (Å²) in [5, 5.41) is 5.40. The molecule has 0 amide bonds. The van der Waals surface area contributed by atoms with Crippen LogP contribution in [0.4, 0.5) is 0 Å². The lowest BCUT2D eigenvalue weighted by atomic mass is 9.84. The molecule has 6 heteroatoms. The molecule has 0 radical (unpaired) electrons. The Bertz CT molecular complexity index is 1120. The largest absolute Gasteiger partial charge is 0.452 e. The molecule has 0 unspecified atom stereocenters. The summed E-state index contributed by atoms with van der Waals surface area (Å²) in [5.41, 5.74) is 0.609. The molecule has 0 saturated carbocycles. The van der Waals surface area contributed by atoms with Crippen LogP contribution in [0.2, 0.25) is 5.02 Å². The van der Waals surface area contributed by atoms with Gasteiger partial charge in [0.15, 0.2) is 0 Å². The van der Waals surface area contributed by atoms with Crippen molar-refractivity contribution in [3.8, 4) is 0 Å². The minimum Gasteiger partial charge on any atom is -0.452 e. The maximum atomic E-state index is 14.7. The van der Waals surface area contributed by atoms with Gasteiger partial charge in [0.05, 0.1) is 5.54 Å². The Balaban J connectivity index is 1.90. The van der Waals surface area contributed by atoms with Gasteiger partial charge in [-0.2, -0.15) is 0 Å². The molecule has 3 aromatic rings. The van der Waals surface area contributed by atoms with Gasteiger partial charge in [-0.25, -0.2) is 9.88 Å². The van der Waals surface area contributed by atoms with Gasteiger partial charge in [0, 0.05) is 21.7 Å². The van der Waals surface area contributed by atoms with Crippen LogP contribution in [0.5, 0.6) is 0 Å². The molecule has 3 aromatic carbocycles. The maximum Gasteiger partial charge on any atom is 0.331 e. The van der Waals surface area contributed by atoms with Crippen LogP contribution in [0.1, 0.15) is 19.4 Å². The normalized spacial score (nSPS) is 18.2. The van der Waals surface area contributed by atoms with Crippen molar-refractivity contribution >= 4 is 35.5 Å². The van der Waals surface area contributed by atoms with Crippen molar-refractivity contribution in [3.63, 3.8) is 0 Å². The van der Waals surface area contributed by atoms with Crippen LogP contribution in [-0.2, 0) is 19.6 Å². The molecule has 0 spiro atoms. The average Bonchev–Trinajstić information content (AvgIpc) is 3.14. The lowest BCUT2D eigenvalue weighted by Crippen LogP contribution is -2.51. The quantitative estimate of drug-likeness (QED) is 0.426. The molecule has 158 valence electrons. The first kappa shape index (κ1) is 21.6. The molecule has 0 fully saturated rings. The van der Waals surface area contributed by atoms with E-state index in [0.717, 1.165) is 11.1 Å². The standard InChI is InChI=1S/C25H23ClNO3P/c1-18-17-23(28)30-24(18)25(2,19-13-15-20(26)16-14-19)27-31(29,21-9-5-3-6-10-21)22-11-7-4-8-12-22/h3-17,24H,1-2H3,(H,27,29)/t24-,25+/m1/s1. The Kier molecular flexibility index (Phi) is 5.90. The fourth-order valence-electron chi connectivity index (χ4n) is 4.03. The molecule has 1 heterocycles. The Morgan fingerprint density at radius 3 is 1.87 bits per heavy atom. The van der Waals surface area contributed by atoms with E-state index in [1.165, 1.54) is 6.08 Å². The third-order valence-corrected chi connectivity index (χ3v) is 8.67. The molecule has 4 nitrogen and oxygen atoms in total. The summed E-state index contributed by atoms with van der Waals surface area (Å²) in [5.74, 6) is -0.404. The Labute approximate surface area is 187 Å². The topological polar surface area (TPSA) is 55.4 Å². The van der Waals surface area contributed by atoms with Crippen molar-refractivity contribution < 1.29 is 14.1 Å². The number of esters is 1. The molecule has 0 bridgehead atoms. The highest BCUT2D eigenvalue weighted by Gasteiger charge is 2.47. The fraction of sp³-hybridized carbons (Fsp3) is 0.160. The lowest BCUT2D eigenvalue weighted by molar-refractivity contribution is -0.141. The van der Waals surface area contributed by atoms with Crippen molar-refractivity contribution in [2.24, 2.45) is 0 Å². The molecule has 4 rings (SSSR count). The zero-order chi connectivity index (χ0) is 22.1. The number of cyclic esters (lactones) is 1. The van der Waals surface area contributed by atoms with Gasteiger partial charge in [-0.15, -0.1) is 0 Å². The predicted molar refractivity (Wildman–Crippen MR) is 125 cm³/mol. The highest BCUT2D eigenvalue weighted by Crippen LogP contribution is 2.47. The van der Waals surface area contributed by atoms with E-state index < -0.39 is 24.9 Å². The third-order valence-electron chi connectivity index (χ3n) is 5.59. The van der Waals surface area contributed by atoms with Crippen LogP contribution >= 0.6 is 18.9 Å². The van der Waals surface area contributed by atoms with E-state index in [9.17, 15) is 9.36 Å². The number of halogens is 1. The summed E-state index contributed by atoms with van der Waals surface area (Å²) in [6.45, 7) is 3.76. The van der Waals surface area contributed by atoms with E-state index in [4.69, 9.17) is 16.3 Å². The van der Waals surface area contributed by atoms with Gasteiger partial charge in [0.1, 0.15) is 6.10 Å². The summed E-state index contributed by atoms with van der Waals surface area (Å²) >= 11 is 6.13. The molecular formula is C25H23ClNO3P. The van der Waals surface area contributed by atoms with Crippen LogP contribution in [0.3, 0.4) is 0 Å². The zero-order valence-electron chi connectivity index (χ0n) is 17.3. The van der Waals surface area contributed by atoms with Gasteiger partial charge in [-0.05, 0) is 61.4 Å². The molecule has 0 aromatic heterocycles. The molecule has 0 saturated heterocycles. The van der Waals surface area contributed by atoms with Crippen LogP contribution in [0, 0.1) is 0 Å². The van der Waals surface area contributed by atoms with E-state index in [1.54, 1.807) is 12.1 Å². The van der Waals surface area contributed by atoms with Crippen LogP contribution in [0.25, 0.3) is 0 Å². The summed E-state index contributed by atoms with van der Waals surface area (Å²) in [7, 11) is -3.32. The van der Waals surface area contributed by atoms with Crippen LogP contribution < -0.4 is 15.7 Å². The van der Waals surface area contributed by atoms with Crippen molar-refractivity contribution in [2.75, 3.05) is 0 Å². The van der Waals surface area contributed by atoms with Crippen molar-refractivity contribution in [2.45, 2.75) is 25.5 Å². The number of carbonyl (C=O) groups is 1. The van der Waals surface area contributed by atoms with Gasteiger partial charge in [-0.1, -0.05) is 60.1 Å². The second-order valence-electron chi connectivity index (χ2n) is 7.81. The van der Waals surface area contributed by atoms with Crippen molar-refractivity contribution in [3.05, 3.63) is 107 Å². The first-order valence-electron chi connectivity index (χ1n) is 9.98. The monoisotopic (exact) mass is 451 g/mol. The lowest BCUT2D eigenvalue weighted by Gasteiger charge is -2.40. The predicted octanol–water partition coefficient (Wildman–Crippen LogP) is 4.95. The summed E-state index contributed by atoms with van der Waals surface area (Å²) in [6.07, 6.45) is 0.859. The van der Waals surface area contributed by atoms with Crippen molar-refractivity contribution in [1.29, 1.82) is 0 Å². The maximum absolute atomic E-state index is 14.7. The number of ether oxygens (including phenoxy) is 1. The third kappa shape index (κ3) is 4.12. The molecule has 0 aliphatic carbocycles. The van der Waals surface area contributed by atoms with Gasteiger partial charge < -0.3 is 4.74 Å². The first-order chi connectivity index (χ1) is 14.8. The van der Waals surface area contributed by atoms with Gasteiger partial charge >= 0.3 is 5.97 Å². The molecule has 1 N–H and O–H groups in total. The van der Waals surface area contributed by atoms with Gasteiger partial charge in [0.25, 0.3) is 0 Å². The second-order valence-corrected chi connectivity index (χ2v) is 10.7. The van der Waals surface area contributed by atoms with E-state index in [0.29, 0.717) is 15.6 Å². The number of hydrogen-bond acceptors (Lipinski definition) is 3. The van der Waals surface area contributed by atoms with E-state index in [2.05, 4.69) is 5.09 Å². The average molecular weight is 452 g/mol. The Morgan fingerprint density at radius 1 is 0.903 bits per heavy atom. The highest BCUT2D eigenvalue weighted by atomic mass is 35.5. The number of rotatable bonds is 6. The summed E-state index contributed by atoms with van der Waals surface area (Å²) < 4.78 is 20.4. The van der Waals surface area contributed by atoms with E-state index >= 15 is 0 Å². The smallest absolute Gasteiger partial charge is 0.331 e. The first-order valence-corrected chi connectivity index (χ1v) is 12.1.